The van der Waals surface area contributed by atoms with Crippen molar-refractivity contribution >= 4 is 33.4 Å². The van der Waals surface area contributed by atoms with Crippen LogP contribution >= 0.6 is 23.3 Å². The number of hydrogen-bond acceptors (Lipinski definition) is 3. The van der Waals surface area contributed by atoms with Gasteiger partial charge in [0.25, 0.3) is 0 Å². The van der Waals surface area contributed by atoms with Crippen LogP contribution in [0.25, 0.3) is 10.1 Å². The predicted molar refractivity (Wildman–Crippen MR) is 69.5 cm³/mol. The van der Waals surface area contributed by atoms with Crippen molar-refractivity contribution in [3.8, 4) is 0 Å². The van der Waals surface area contributed by atoms with Gasteiger partial charge >= 0.3 is 0 Å². The van der Waals surface area contributed by atoms with Crippen LogP contribution in [0.4, 0.5) is 0 Å². The smallest absolute Gasteiger partial charge is 0.0438 e. The normalized spacial score (nSPS) is 16.9. The minimum atomic E-state index is 1.12. The van der Waals surface area contributed by atoms with E-state index in [2.05, 4.69) is 34.8 Å². The molecular formula is C12H13NS2. The molecule has 0 fully saturated rings. The number of rotatable bonds is 1. The van der Waals surface area contributed by atoms with Crippen molar-refractivity contribution in [2.75, 3.05) is 12.8 Å². The highest BCUT2D eigenvalue weighted by Crippen LogP contribution is 2.36. The van der Waals surface area contributed by atoms with E-state index in [1.165, 1.54) is 23.1 Å². The van der Waals surface area contributed by atoms with Crippen molar-refractivity contribution in [2.24, 2.45) is 0 Å². The Morgan fingerprint density at radius 1 is 1.33 bits per heavy atom. The molecule has 0 N–H and O–H groups in total. The van der Waals surface area contributed by atoms with Crippen molar-refractivity contribution in [3.05, 3.63) is 34.7 Å². The Balaban J connectivity index is 2.12. The van der Waals surface area contributed by atoms with E-state index in [4.69, 9.17) is 0 Å². The first-order valence-corrected chi connectivity index (χ1v) is 7.16. The van der Waals surface area contributed by atoms with Gasteiger partial charge in [0.15, 0.2) is 0 Å². The highest BCUT2D eigenvalue weighted by Gasteiger charge is 2.19. The molecule has 15 heavy (non-hydrogen) atoms. The van der Waals surface area contributed by atoms with Crippen LogP contribution in [-0.2, 0) is 13.0 Å². The van der Waals surface area contributed by atoms with E-state index in [-0.39, 0.29) is 0 Å². The lowest BCUT2D eigenvalue weighted by atomic mass is 10.1. The molecule has 3 rings (SSSR count). The summed E-state index contributed by atoms with van der Waals surface area (Å²) in [5.41, 5.74) is 1.60. The Kier molecular flexibility index (Phi) is 2.47. The molecule has 1 aliphatic rings. The fourth-order valence-corrected chi connectivity index (χ4v) is 4.07. The SMILES string of the molecule is CSN1CCc2c(sc3ccccc23)C1. The predicted octanol–water partition coefficient (Wildman–Crippen LogP) is 3.54. The summed E-state index contributed by atoms with van der Waals surface area (Å²) in [6, 6.07) is 8.79. The zero-order valence-corrected chi connectivity index (χ0v) is 10.3. The lowest BCUT2D eigenvalue weighted by Crippen LogP contribution is -2.22. The van der Waals surface area contributed by atoms with E-state index < -0.39 is 0 Å². The number of nitrogens with zero attached hydrogens (tertiary/aromatic N) is 1. The van der Waals surface area contributed by atoms with Gasteiger partial charge in [-0.2, -0.15) is 0 Å². The summed E-state index contributed by atoms with van der Waals surface area (Å²) in [5, 5.41) is 1.48. The summed E-state index contributed by atoms with van der Waals surface area (Å²) >= 11 is 3.82. The Morgan fingerprint density at radius 2 is 2.20 bits per heavy atom. The molecule has 0 spiro atoms. The minimum Gasteiger partial charge on any atom is -0.245 e. The second-order valence-electron chi connectivity index (χ2n) is 3.80. The molecule has 3 heteroatoms. The molecule has 0 aliphatic carbocycles. The summed E-state index contributed by atoms with van der Waals surface area (Å²) in [6.45, 7) is 2.31. The summed E-state index contributed by atoms with van der Waals surface area (Å²) in [5.74, 6) is 0. The van der Waals surface area contributed by atoms with Crippen molar-refractivity contribution in [2.45, 2.75) is 13.0 Å². The van der Waals surface area contributed by atoms with E-state index in [9.17, 15) is 0 Å². The van der Waals surface area contributed by atoms with Crippen LogP contribution in [0.5, 0.6) is 0 Å². The molecule has 0 radical (unpaired) electrons. The molecule has 2 aromatic rings. The van der Waals surface area contributed by atoms with Gasteiger partial charge in [-0.1, -0.05) is 30.1 Å². The number of benzene rings is 1. The molecule has 78 valence electrons. The van der Waals surface area contributed by atoms with Crippen LogP contribution in [0, 0.1) is 0 Å². The minimum absolute atomic E-state index is 1.12. The molecule has 0 saturated carbocycles. The highest BCUT2D eigenvalue weighted by molar-refractivity contribution is 7.96. The van der Waals surface area contributed by atoms with E-state index in [1.54, 1.807) is 10.4 Å². The monoisotopic (exact) mass is 235 g/mol. The third-order valence-corrected chi connectivity index (χ3v) is 5.00. The fraction of sp³-hybridized carbons (Fsp3) is 0.333. The average molecular weight is 235 g/mol. The molecular weight excluding hydrogens is 222 g/mol. The third-order valence-electron chi connectivity index (χ3n) is 2.97. The van der Waals surface area contributed by atoms with E-state index in [1.807, 2.05) is 23.3 Å². The molecule has 2 heterocycles. The molecule has 1 nitrogen and oxygen atoms in total. The number of hydrogen-bond donors (Lipinski definition) is 0. The third kappa shape index (κ3) is 1.59. The fourth-order valence-electron chi connectivity index (χ4n) is 2.18. The zero-order valence-electron chi connectivity index (χ0n) is 8.69. The summed E-state index contributed by atoms with van der Waals surface area (Å²) in [7, 11) is 0. The Bertz CT molecular complexity index is 489. The molecule has 1 aromatic heterocycles. The van der Waals surface area contributed by atoms with Crippen LogP contribution in [0.1, 0.15) is 10.4 Å². The standard InChI is InChI=1S/C12H13NS2/c1-14-13-7-6-10-9-4-2-3-5-11(9)15-12(10)8-13/h2-5H,6-8H2,1H3. The molecule has 1 aliphatic heterocycles. The molecule has 0 saturated heterocycles. The Hall–Kier alpha value is -0.510. The molecule has 1 aromatic carbocycles. The van der Waals surface area contributed by atoms with Crippen LogP contribution in [-0.4, -0.2) is 17.1 Å². The first-order chi connectivity index (χ1) is 7.38. The van der Waals surface area contributed by atoms with Crippen molar-refractivity contribution in [3.63, 3.8) is 0 Å². The molecule has 0 amide bonds. The summed E-state index contributed by atoms with van der Waals surface area (Å²) < 4.78 is 3.89. The van der Waals surface area contributed by atoms with Crippen LogP contribution in [0.3, 0.4) is 0 Å². The maximum Gasteiger partial charge on any atom is 0.0438 e. The molecule has 0 atom stereocenters. The van der Waals surface area contributed by atoms with Gasteiger partial charge in [-0.3, -0.25) is 0 Å². The van der Waals surface area contributed by atoms with Crippen LogP contribution < -0.4 is 0 Å². The average Bonchev–Trinajstić information content (AvgIpc) is 2.66. The number of thiophene rings is 1. The van der Waals surface area contributed by atoms with E-state index >= 15 is 0 Å². The van der Waals surface area contributed by atoms with Gasteiger partial charge in [-0.15, -0.1) is 11.3 Å². The summed E-state index contributed by atoms with van der Waals surface area (Å²) in [4.78, 5) is 1.57. The van der Waals surface area contributed by atoms with Gasteiger partial charge in [0.1, 0.15) is 0 Å². The van der Waals surface area contributed by atoms with Crippen LogP contribution in [0.15, 0.2) is 24.3 Å². The maximum atomic E-state index is 2.44. The second kappa shape index (κ2) is 3.81. The largest absolute Gasteiger partial charge is 0.245 e. The van der Waals surface area contributed by atoms with Gasteiger partial charge < -0.3 is 0 Å². The van der Waals surface area contributed by atoms with Gasteiger partial charge in [-0.25, -0.2) is 4.31 Å². The first kappa shape index (κ1) is 9.70. The quantitative estimate of drug-likeness (QED) is 0.696. The number of fused-ring (bicyclic) bond motifs is 3. The van der Waals surface area contributed by atoms with E-state index in [0.717, 1.165) is 6.54 Å². The van der Waals surface area contributed by atoms with Gasteiger partial charge in [0, 0.05) is 22.7 Å². The Morgan fingerprint density at radius 3 is 3.07 bits per heavy atom. The lowest BCUT2D eigenvalue weighted by molar-refractivity contribution is 0.453. The first-order valence-electron chi connectivity index (χ1n) is 5.17. The van der Waals surface area contributed by atoms with Crippen molar-refractivity contribution < 1.29 is 0 Å². The maximum absolute atomic E-state index is 2.44. The lowest BCUT2D eigenvalue weighted by Gasteiger charge is -2.23. The molecule has 0 bridgehead atoms. The Labute approximate surface area is 98.2 Å². The van der Waals surface area contributed by atoms with Gasteiger partial charge in [0.2, 0.25) is 0 Å². The van der Waals surface area contributed by atoms with Crippen molar-refractivity contribution in [1.29, 1.82) is 0 Å². The zero-order chi connectivity index (χ0) is 10.3. The second-order valence-corrected chi connectivity index (χ2v) is 5.81. The van der Waals surface area contributed by atoms with Gasteiger partial charge in [-0.05, 0) is 29.7 Å². The summed E-state index contributed by atoms with van der Waals surface area (Å²) in [6.07, 6.45) is 3.37. The van der Waals surface area contributed by atoms with Gasteiger partial charge in [0.05, 0.1) is 0 Å². The van der Waals surface area contributed by atoms with E-state index in [0.29, 0.717) is 0 Å². The highest BCUT2D eigenvalue weighted by atomic mass is 32.2. The molecule has 0 unspecified atom stereocenters. The van der Waals surface area contributed by atoms with Crippen molar-refractivity contribution in [1.82, 2.24) is 4.31 Å². The van der Waals surface area contributed by atoms with Crippen LogP contribution in [0.2, 0.25) is 0 Å². The topological polar surface area (TPSA) is 3.24 Å².